The SMILES string of the molecule is FC(F)(F)c1ccc(N/N=C\c2cc(Br)cs2)cc1. The molecule has 2 nitrogen and oxygen atoms in total. The number of alkyl halides is 3. The molecule has 2 rings (SSSR count). The van der Waals surface area contributed by atoms with Crippen molar-refractivity contribution in [1.82, 2.24) is 0 Å². The fraction of sp³-hybridized carbons (Fsp3) is 0.0833. The van der Waals surface area contributed by atoms with Gasteiger partial charge in [-0.1, -0.05) is 0 Å². The molecule has 2 aromatic rings. The highest BCUT2D eigenvalue weighted by atomic mass is 79.9. The van der Waals surface area contributed by atoms with Gasteiger partial charge in [-0.15, -0.1) is 11.3 Å². The molecule has 1 N–H and O–H groups in total. The first-order valence-corrected chi connectivity index (χ1v) is 6.83. The molecule has 0 radical (unpaired) electrons. The average Bonchev–Trinajstić information content (AvgIpc) is 2.75. The molecule has 0 fully saturated rings. The molecule has 0 aliphatic heterocycles. The highest BCUT2D eigenvalue weighted by Crippen LogP contribution is 2.29. The fourth-order valence-corrected chi connectivity index (χ4v) is 2.60. The molecule has 0 amide bonds. The Morgan fingerprint density at radius 1 is 1.21 bits per heavy atom. The molecule has 1 heterocycles. The van der Waals surface area contributed by atoms with Gasteiger partial charge in [-0.2, -0.15) is 18.3 Å². The summed E-state index contributed by atoms with van der Waals surface area (Å²) < 4.78 is 38.0. The van der Waals surface area contributed by atoms with Crippen LogP contribution in [0.4, 0.5) is 18.9 Å². The summed E-state index contributed by atoms with van der Waals surface area (Å²) in [7, 11) is 0. The first-order valence-electron chi connectivity index (χ1n) is 5.15. The molecule has 0 aliphatic rings. The molecule has 0 bridgehead atoms. The fourth-order valence-electron chi connectivity index (χ4n) is 1.30. The van der Waals surface area contributed by atoms with Gasteiger partial charge >= 0.3 is 6.18 Å². The predicted molar refractivity (Wildman–Crippen MR) is 74.7 cm³/mol. The van der Waals surface area contributed by atoms with Crippen LogP contribution < -0.4 is 5.43 Å². The number of hydrazone groups is 1. The van der Waals surface area contributed by atoms with E-state index >= 15 is 0 Å². The van der Waals surface area contributed by atoms with Crippen LogP contribution in [0, 0.1) is 0 Å². The lowest BCUT2D eigenvalue weighted by Crippen LogP contribution is -2.04. The molecule has 7 heteroatoms. The van der Waals surface area contributed by atoms with Crippen molar-refractivity contribution in [3.63, 3.8) is 0 Å². The number of rotatable bonds is 3. The maximum Gasteiger partial charge on any atom is 0.416 e. The zero-order chi connectivity index (χ0) is 13.9. The van der Waals surface area contributed by atoms with Crippen molar-refractivity contribution in [3.8, 4) is 0 Å². The Labute approximate surface area is 120 Å². The number of benzene rings is 1. The lowest BCUT2D eigenvalue weighted by Gasteiger charge is -2.06. The van der Waals surface area contributed by atoms with Crippen molar-refractivity contribution in [1.29, 1.82) is 0 Å². The number of anilines is 1. The summed E-state index contributed by atoms with van der Waals surface area (Å²) in [5, 5.41) is 5.87. The average molecular weight is 349 g/mol. The van der Waals surface area contributed by atoms with Crippen molar-refractivity contribution < 1.29 is 13.2 Å². The summed E-state index contributed by atoms with van der Waals surface area (Å²) in [5.41, 5.74) is 2.50. The number of halogens is 4. The molecule has 0 saturated heterocycles. The van der Waals surface area contributed by atoms with E-state index in [2.05, 4.69) is 26.5 Å². The van der Waals surface area contributed by atoms with E-state index in [0.29, 0.717) is 5.69 Å². The van der Waals surface area contributed by atoms with Crippen LogP contribution in [-0.4, -0.2) is 6.21 Å². The third kappa shape index (κ3) is 4.07. The van der Waals surface area contributed by atoms with Crippen LogP contribution >= 0.6 is 27.3 Å². The molecular formula is C12H8BrF3N2S. The van der Waals surface area contributed by atoms with Gasteiger partial charge in [-0.25, -0.2) is 0 Å². The zero-order valence-corrected chi connectivity index (χ0v) is 11.8. The molecular weight excluding hydrogens is 341 g/mol. The van der Waals surface area contributed by atoms with Gasteiger partial charge < -0.3 is 0 Å². The molecule has 0 unspecified atom stereocenters. The number of nitrogens with one attached hydrogen (secondary N) is 1. The number of nitrogens with zero attached hydrogens (tertiary/aromatic N) is 1. The molecule has 0 saturated carbocycles. The number of hydrogen-bond acceptors (Lipinski definition) is 3. The van der Waals surface area contributed by atoms with E-state index < -0.39 is 11.7 Å². The van der Waals surface area contributed by atoms with Gasteiger partial charge in [-0.05, 0) is 46.3 Å². The summed E-state index contributed by atoms with van der Waals surface area (Å²) in [5.74, 6) is 0. The Hall–Kier alpha value is -1.34. The molecule has 1 aromatic carbocycles. The van der Waals surface area contributed by atoms with Gasteiger partial charge in [0, 0.05) is 14.7 Å². The molecule has 19 heavy (non-hydrogen) atoms. The first kappa shape index (κ1) is 14.1. The highest BCUT2D eigenvalue weighted by molar-refractivity contribution is 9.10. The Balaban J connectivity index is 1.98. The molecule has 0 spiro atoms. The third-order valence-corrected chi connectivity index (χ3v) is 3.81. The second kappa shape index (κ2) is 5.75. The number of thiophene rings is 1. The molecule has 0 aliphatic carbocycles. The normalized spacial score (nSPS) is 12.0. The minimum atomic E-state index is -4.31. The monoisotopic (exact) mass is 348 g/mol. The minimum absolute atomic E-state index is 0.500. The van der Waals surface area contributed by atoms with Gasteiger partial charge in [0.05, 0.1) is 17.5 Å². The summed E-state index contributed by atoms with van der Waals surface area (Å²) in [6.45, 7) is 0. The Morgan fingerprint density at radius 3 is 2.42 bits per heavy atom. The second-order valence-corrected chi connectivity index (χ2v) is 5.47. The second-order valence-electron chi connectivity index (χ2n) is 3.61. The van der Waals surface area contributed by atoms with E-state index in [1.807, 2.05) is 11.4 Å². The van der Waals surface area contributed by atoms with E-state index in [1.54, 1.807) is 6.21 Å². The van der Waals surface area contributed by atoms with E-state index in [4.69, 9.17) is 0 Å². The molecule has 100 valence electrons. The van der Waals surface area contributed by atoms with Gasteiger partial charge in [0.1, 0.15) is 0 Å². The smallest absolute Gasteiger partial charge is 0.278 e. The van der Waals surface area contributed by atoms with E-state index in [0.717, 1.165) is 21.5 Å². The van der Waals surface area contributed by atoms with Gasteiger partial charge in [0.2, 0.25) is 0 Å². The topological polar surface area (TPSA) is 24.4 Å². The largest absolute Gasteiger partial charge is 0.416 e. The maximum absolute atomic E-state index is 12.3. The number of hydrogen-bond donors (Lipinski definition) is 1. The third-order valence-electron chi connectivity index (χ3n) is 2.19. The Morgan fingerprint density at radius 2 is 1.89 bits per heavy atom. The van der Waals surface area contributed by atoms with Crippen molar-refractivity contribution in [2.45, 2.75) is 6.18 Å². The van der Waals surface area contributed by atoms with Crippen LogP contribution in [0.15, 0.2) is 45.3 Å². The van der Waals surface area contributed by atoms with Gasteiger partial charge in [0.25, 0.3) is 0 Å². The minimum Gasteiger partial charge on any atom is -0.278 e. The molecule has 1 aromatic heterocycles. The standard InChI is InChI=1S/C12H8BrF3N2S/c13-9-5-11(19-7-9)6-17-18-10-3-1-8(2-4-10)12(14,15)16/h1-7,18H/b17-6-. The maximum atomic E-state index is 12.3. The zero-order valence-electron chi connectivity index (χ0n) is 9.41. The molecule has 0 atom stereocenters. The van der Waals surface area contributed by atoms with Crippen molar-refractivity contribution >= 4 is 39.2 Å². The lowest BCUT2D eigenvalue weighted by atomic mass is 10.2. The summed E-state index contributed by atoms with van der Waals surface area (Å²) in [6, 6.07) is 6.59. The summed E-state index contributed by atoms with van der Waals surface area (Å²) >= 11 is 4.82. The first-order chi connectivity index (χ1) is 8.95. The van der Waals surface area contributed by atoms with Crippen LogP contribution in [0.2, 0.25) is 0 Å². The highest BCUT2D eigenvalue weighted by Gasteiger charge is 2.29. The Bertz CT molecular complexity index is 575. The van der Waals surface area contributed by atoms with Crippen LogP contribution in [0.5, 0.6) is 0 Å². The summed E-state index contributed by atoms with van der Waals surface area (Å²) in [6.07, 6.45) is -2.71. The quantitative estimate of drug-likeness (QED) is 0.614. The van der Waals surface area contributed by atoms with E-state index in [-0.39, 0.29) is 0 Å². The van der Waals surface area contributed by atoms with Crippen LogP contribution in [0.1, 0.15) is 10.4 Å². The van der Waals surface area contributed by atoms with E-state index in [9.17, 15) is 13.2 Å². The van der Waals surface area contributed by atoms with Gasteiger partial charge in [-0.3, -0.25) is 5.43 Å². The predicted octanol–water partition coefficient (Wildman–Crippen LogP) is 4.98. The van der Waals surface area contributed by atoms with Crippen molar-refractivity contribution in [3.05, 3.63) is 50.6 Å². The van der Waals surface area contributed by atoms with Gasteiger partial charge in [0.15, 0.2) is 0 Å². The van der Waals surface area contributed by atoms with Crippen LogP contribution in [-0.2, 0) is 6.18 Å². The van der Waals surface area contributed by atoms with Crippen molar-refractivity contribution in [2.75, 3.05) is 5.43 Å². The van der Waals surface area contributed by atoms with Crippen LogP contribution in [0.3, 0.4) is 0 Å². The Kier molecular flexibility index (Phi) is 4.26. The summed E-state index contributed by atoms with van der Waals surface area (Å²) in [4.78, 5) is 0.936. The van der Waals surface area contributed by atoms with E-state index in [1.165, 1.54) is 23.5 Å². The van der Waals surface area contributed by atoms with Crippen LogP contribution in [0.25, 0.3) is 0 Å². The lowest BCUT2D eigenvalue weighted by molar-refractivity contribution is -0.137. The van der Waals surface area contributed by atoms with Crippen molar-refractivity contribution in [2.24, 2.45) is 5.10 Å².